The molecule has 1 N–H and O–H groups in total. The molecule has 2 saturated carbocycles. The number of carbonyl (C=O) groups excluding carboxylic acids is 4. The number of imide groups is 2. The maximum Gasteiger partial charge on any atom is 0.253 e. The Labute approximate surface area is 237 Å². The van der Waals surface area contributed by atoms with Crippen molar-refractivity contribution in [3.8, 4) is 5.75 Å². The third-order valence-electron chi connectivity index (χ3n) is 9.56. The van der Waals surface area contributed by atoms with Crippen molar-refractivity contribution in [1.82, 2.24) is 9.80 Å². The van der Waals surface area contributed by atoms with Crippen LogP contribution in [0.15, 0.2) is 35.9 Å². The van der Waals surface area contributed by atoms with Crippen LogP contribution in [0.5, 0.6) is 5.75 Å². The topological polar surface area (TPSA) is 104 Å². The average Bonchev–Trinajstić information content (AvgIpc) is 3.27. The van der Waals surface area contributed by atoms with Crippen molar-refractivity contribution >= 4 is 46.8 Å². The fourth-order valence-electron chi connectivity index (χ4n) is 7.76. The first-order valence-corrected chi connectivity index (χ1v) is 14.5. The van der Waals surface area contributed by atoms with Crippen molar-refractivity contribution in [1.29, 1.82) is 0 Å². The van der Waals surface area contributed by atoms with Crippen LogP contribution in [0.2, 0.25) is 0 Å². The van der Waals surface area contributed by atoms with Gasteiger partial charge in [-0.15, -0.1) is 23.2 Å². The lowest BCUT2D eigenvalue weighted by Crippen LogP contribution is -2.60. The summed E-state index contributed by atoms with van der Waals surface area (Å²) in [5.74, 6) is -3.38. The Bertz CT molecular complexity index is 1260. The van der Waals surface area contributed by atoms with Crippen LogP contribution in [-0.4, -0.2) is 74.6 Å². The standard InChI is InChI=1S/C29H32Cl2N2O6/c1-32-26(37)28(30)15-21-19(11-12-20-22(21)25(36)33(24(20)35)17-5-3-2-4-6-17)23(29(28,31)27(32)38)16-7-9-18(10-8-16)39-14-13-34/h7-11,17,20-23,34H,2-6,12-15H2,1H3. The molecule has 0 bridgehead atoms. The highest BCUT2D eigenvalue weighted by Crippen LogP contribution is 2.65. The van der Waals surface area contributed by atoms with Crippen LogP contribution >= 0.6 is 23.2 Å². The van der Waals surface area contributed by atoms with Gasteiger partial charge >= 0.3 is 0 Å². The van der Waals surface area contributed by atoms with Gasteiger partial charge in [0.05, 0.1) is 18.4 Å². The predicted octanol–water partition coefficient (Wildman–Crippen LogP) is 3.38. The second-order valence-corrected chi connectivity index (χ2v) is 12.7. The highest BCUT2D eigenvalue weighted by molar-refractivity contribution is 6.53. The molecular weight excluding hydrogens is 543 g/mol. The van der Waals surface area contributed by atoms with Crippen molar-refractivity contribution in [2.24, 2.45) is 17.8 Å². The molecule has 6 rings (SSSR count). The van der Waals surface area contributed by atoms with Crippen LogP contribution < -0.4 is 4.74 Å². The number of aliphatic hydroxyl groups excluding tert-OH is 1. The number of amides is 4. The summed E-state index contributed by atoms with van der Waals surface area (Å²) >= 11 is 14.4. The minimum atomic E-state index is -1.79. The molecule has 6 unspecified atom stereocenters. The van der Waals surface area contributed by atoms with Gasteiger partial charge in [0.2, 0.25) is 11.8 Å². The number of hydrogen-bond acceptors (Lipinski definition) is 6. The van der Waals surface area contributed by atoms with Crippen molar-refractivity contribution in [3.05, 3.63) is 41.5 Å². The summed E-state index contributed by atoms with van der Waals surface area (Å²) in [7, 11) is 1.38. The van der Waals surface area contributed by atoms with E-state index in [9.17, 15) is 19.2 Å². The molecule has 0 radical (unpaired) electrons. The van der Waals surface area contributed by atoms with Crippen LogP contribution in [0.4, 0.5) is 0 Å². The molecule has 2 heterocycles. The average molecular weight is 575 g/mol. The van der Waals surface area contributed by atoms with Gasteiger partial charge in [-0.05, 0) is 49.3 Å². The number of ether oxygens (including phenoxy) is 1. The summed E-state index contributed by atoms with van der Waals surface area (Å²) in [5, 5.41) is 9.08. The van der Waals surface area contributed by atoms with Crippen molar-refractivity contribution in [2.75, 3.05) is 20.3 Å². The number of benzene rings is 1. The minimum absolute atomic E-state index is 0.00565. The van der Waals surface area contributed by atoms with Crippen LogP contribution in [0.1, 0.15) is 56.4 Å². The smallest absolute Gasteiger partial charge is 0.253 e. The SMILES string of the molecule is CN1C(=O)C2(Cl)CC3C(=CCC4C(=O)N(C5CCCCC5)C(=O)C43)C(c3ccc(OCCO)cc3)C2(Cl)C1=O. The van der Waals surface area contributed by atoms with Crippen LogP contribution in [-0.2, 0) is 19.2 Å². The maximum atomic E-state index is 14.0. The molecule has 10 heteroatoms. The Balaban J connectivity index is 1.44. The van der Waals surface area contributed by atoms with Crippen molar-refractivity contribution in [3.63, 3.8) is 0 Å². The number of carbonyl (C=O) groups is 4. The van der Waals surface area contributed by atoms with E-state index in [1.807, 2.05) is 6.08 Å². The van der Waals surface area contributed by atoms with E-state index in [4.69, 9.17) is 33.0 Å². The van der Waals surface area contributed by atoms with E-state index < -0.39 is 45.2 Å². The molecule has 208 valence electrons. The van der Waals surface area contributed by atoms with E-state index in [1.165, 1.54) is 11.9 Å². The molecular formula is C29H32Cl2N2O6. The predicted molar refractivity (Wildman–Crippen MR) is 143 cm³/mol. The summed E-state index contributed by atoms with van der Waals surface area (Å²) in [6, 6.07) is 6.91. The first-order valence-electron chi connectivity index (χ1n) is 13.8. The summed E-state index contributed by atoms with van der Waals surface area (Å²) in [6.45, 7) is 0.00332. The molecule has 39 heavy (non-hydrogen) atoms. The number of nitrogens with zero attached hydrogens (tertiary/aromatic N) is 2. The third-order valence-corrected chi connectivity index (χ3v) is 11.0. The van der Waals surface area contributed by atoms with Crippen LogP contribution in [0.3, 0.4) is 0 Å². The molecule has 3 aliphatic carbocycles. The summed E-state index contributed by atoms with van der Waals surface area (Å²) in [5.41, 5.74) is 1.45. The van der Waals surface area contributed by atoms with Gasteiger partial charge in [-0.3, -0.25) is 29.0 Å². The van der Waals surface area contributed by atoms with E-state index in [0.29, 0.717) is 17.7 Å². The van der Waals surface area contributed by atoms with Gasteiger partial charge in [0, 0.05) is 19.0 Å². The van der Waals surface area contributed by atoms with Gasteiger partial charge in [-0.25, -0.2) is 0 Å². The molecule has 6 atom stereocenters. The van der Waals surface area contributed by atoms with Gasteiger partial charge in [0.25, 0.3) is 11.8 Å². The van der Waals surface area contributed by atoms with Crippen molar-refractivity contribution in [2.45, 2.75) is 66.7 Å². The molecule has 4 amide bonds. The van der Waals surface area contributed by atoms with Gasteiger partial charge in [-0.1, -0.05) is 43.0 Å². The summed E-state index contributed by atoms with van der Waals surface area (Å²) in [6.07, 6.45) is 7.06. The maximum absolute atomic E-state index is 14.0. The molecule has 2 saturated heterocycles. The minimum Gasteiger partial charge on any atom is -0.491 e. The lowest BCUT2D eigenvalue weighted by atomic mass is 9.56. The zero-order valence-corrected chi connectivity index (χ0v) is 23.3. The Morgan fingerprint density at radius 1 is 0.974 bits per heavy atom. The van der Waals surface area contributed by atoms with E-state index >= 15 is 0 Å². The van der Waals surface area contributed by atoms with E-state index in [-0.39, 0.29) is 37.5 Å². The highest BCUT2D eigenvalue weighted by Gasteiger charge is 2.75. The monoisotopic (exact) mass is 574 g/mol. The fourth-order valence-corrected chi connectivity index (χ4v) is 8.78. The molecule has 1 aromatic rings. The largest absolute Gasteiger partial charge is 0.491 e. The van der Waals surface area contributed by atoms with E-state index in [0.717, 1.165) is 42.6 Å². The Kier molecular flexibility index (Phi) is 6.59. The lowest BCUT2D eigenvalue weighted by Gasteiger charge is -2.50. The Morgan fingerprint density at radius 3 is 2.33 bits per heavy atom. The number of alkyl halides is 2. The number of aliphatic hydroxyl groups is 1. The normalized spacial score (nSPS) is 36.6. The summed E-state index contributed by atoms with van der Waals surface area (Å²) in [4.78, 5) is 53.6. The van der Waals surface area contributed by atoms with Gasteiger partial charge in [-0.2, -0.15) is 0 Å². The zero-order chi connectivity index (χ0) is 27.7. The quantitative estimate of drug-likeness (QED) is 0.328. The zero-order valence-electron chi connectivity index (χ0n) is 21.8. The number of likely N-dealkylation sites (tertiary alicyclic amines) is 2. The van der Waals surface area contributed by atoms with Crippen molar-refractivity contribution < 1.29 is 29.0 Å². The molecule has 2 aliphatic heterocycles. The van der Waals surface area contributed by atoms with Gasteiger partial charge < -0.3 is 9.84 Å². The summed E-state index contributed by atoms with van der Waals surface area (Å²) < 4.78 is 5.50. The first-order chi connectivity index (χ1) is 18.6. The number of rotatable bonds is 5. The lowest BCUT2D eigenvalue weighted by molar-refractivity contribution is -0.144. The number of halogens is 2. The highest BCUT2D eigenvalue weighted by atomic mass is 35.5. The molecule has 1 aromatic carbocycles. The van der Waals surface area contributed by atoms with E-state index in [2.05, 4.69) is 0 Å². The number of allylic oxidation sites excluding steroid dienone is 2. The van der Waals surface area contributed by atoms with E-state index in [1.54, 1.807) is 24.3 Å². The van der Waals surface area contributed by atoms with Crippen LogP contribution in [0.25, 0.3) is 0 Å². The second kappa shape index (κ2) is 9.60. The fraction of sp³-hybridized carbons (Fsp3) is 0.586. The molecule has 8 nitrogen and oxygen atoms in total. The second-order valence-electron chi connectivity index (χ2n) is 11.5. The molecule has 5 aliphatic rings. The van der Waals surface area contributed by atoms with Gasteiger partial charge in [0.15, 0.2) is 9.75 Å². The van der Waals surface area contributed by atoms with Crippen LogP contribution in [0, 0.1) is 17.8 Å². The Hall–Kier alpha value is -2.42. The molecule has 0 aromatic heterocycles. The molecule has 0 spiro atoms. The molecule has 4 fully saturated rings. The number of fused-ring (bicyclic) bond motifs is 4. The van der Waals surface area contributed by atoms with Gasteiger partial charge in [0.1, 0.15) is 12.4 Å². The first kappa shape index (κ1) is 26.8. The number of hydrogen-bond donors (Lipinski definition) is 1. The third kappa shape index (κ3) is 3.67. The Morgan fingerprint density at radius 2 is 1.67 bits per heavy atom.